The zero-order valence-corrected chi connectivity index (χ0v) is 14.8. The highest BCUT2D eigenvalue weighted by Gasteiger charge is 2.25. The van der Waals surface area contributed by atoms with Gasteiger partial charge in [-0.25, -0.2) is 0 Å². The van der Waals surface area contributed by atoms with Gasteiger partial charge in [0, 0.05) is 46.7 Å². The molecule has 0 aromatic carbocycles. The summed E-state index contributed by atoms with van der Waals surface area (Å²) in [6.45, 7) is 5.13. The predicted octanol–water partition coefficient (Wildman–Crippen LogP) is 1.98. The van der Waals surface area contributed by atoms with E-state index in [-0.39, 0.29) is 0 Å². The van der Waals surface area contributed by atoms with Crippen molar-refractivity contribution in [3.8, 4) is 0 Å². The molecule has 0 amide bonds. The Hall–Kier alpha value is -0.230. The summed E-state index contributed by atoms with van der Waals surface area (Å²) >= 11 is 1.85. The molecule has 0 saturated heterocycles. The Bertz CT molecular complexity index is 336. The Morgan fingerprint density at radius 2 is 2.25 bits per heavy atom. The highest BCUT2D eigenvalue weighted by Crippen LogP contribution is 2.22. The Kier molecular flexibility index (Phi) is 8.61. The van der Waals surface area contributed by atoms with Crippen molar-refractivity contribution in [1.82, 2.24) is 10.6 Å². The topological polar surface area (TPSA) is 53.5 Å². The first kappa shape index (κ1) is 17.8. The summed E-state index contributed by atoms with van der Waals surface area (Å²) in [6, 6.07) is 0.403. The molecule has 1 rings (SSSR count). The summed E-state index contributed by atoms with van der Waals surface area (Å²) in [4.78, 5) is 4.29. The highest BCUT2D eigenvalue weighted by atomic mass is 32.2. The molecule has 6 heteroatoms. The maximum atomic E-state index is 12.0. The minimum absolute atomic E-state index is 0.356. The van der Waals surface area contributed by atoms with Crippen molar-refractivity contribution in [3.63, 3.8) is 0 Å². The van der Waals surface area contributed by atoms with Gasteiger partial charge in [0.2, 0.25) is 0 Å². The molecule has 0 radical (unpaired) electrons. The lowest BCUT2D eigenvalue weighted by molar-refractivity contribution is 0.413. The van der Waals surface area contributed by atoms with Crippen molar-refractivity contribution in [3.05, 3.63) is 0 Å². The summed E-state index contributed by atoms with van der Waals surface area (Å²) in [7, 11) is 1.14. The van der Waals surface area contributed by atoms with Crippen molar-refractivity contribution >= 4 is 28.5 Å². The molecule has 0 heterocycles. The fraction of sp³-hybridized carbons (Fsp3) is 0.929. The van der Waals surface area contributed by atoms with Gasteiger partial charge in [-0.15, -0.1) is 0 Å². The van der Waals surface area contributed by atoms with Crippen LogP contribution in [0.2, 0.25) is 0 Å². The predicted molar refractivity (Wildman–Crippen MR) is 92.2 cm³/mol. The molecule has 4 nitrogen and oxygen atoms in total. The van der Waals surface area contributed by atoms with Crippen LogP contribution in [0, 0.1) is 0 Å². The Morgan fingerprint density at radius 1 is 1.50 bits per heavy atom. The van der Waals surface area contributed by atoms with E-state index in [2.05, 4.69) is 28.8 Å². The van der Waals surface area contributed by atoms with Crippen LogP contribution in [0.1, 0.15) is 39.5 Å². The Balaban J connectivity index is 2.43. The van der Waals surface area contributed by atoms with Crippen molar-refractivity contribution in [2.75, 3.05) is 25.6 Å². The van der Waals surface area contributed by atoms with E-state index >= 15 is 0 Å². The number of rotatable bonds is 6. The van der Waals surface area contributed by atoms with Crippen molar-refractivity contribution in [1.29, 1.82) is 0 Å². The molecule has 0 aliphatic heterocycles. The first-order valence-electron chi connectivity index (χ1n) is 7.47. The molecule has 0 aromatic heterocycles. The summed E-state index contributed by atoms with van der Waals surface area (Å²) < 4.78 is 12.0. The van der Waals surface area contributed by atoms with Gasteiger partial charge in [0.15, 0.2) is 5.96 Å². The molecule has 0 bridgehead atoms. The van der Waals surface area contributed by atoms with Crippen LogP contribution in [0.3, 0.4) is 0 Å². The van der Waals surface area contributed by atoms with Crippen LogP contribution in [0.5, 0.6) is 0 Å². The van der Waals surface area contributed by atoms with Crippen LogP contribution in [-0.4, -0.2) is 52.3 Å². The van der Waals surface area contributed by atoms with E-state index in [0.29, 0.717) is 16.5 Å². The van der Waals surface area contributed by atoms with Gasteiger partial charge >= 0.3 is 0 Å². The summed E-state index contributed by atoms with van der Waals surface area (Å²) in [5.41, 5.74) is 0. The smallest absolute Gasteiger partial charge is 0.191 e. The van der Waals surface area contributed by atoms with Crippen molar-refractivity contribution in [2.24, 2.45) is 4.99 Å². The lowest BCUT2D eigenvalue weighted by atomic mass is 9.95. The normalized spacial score (nSPS) is 26.9. The maximum absolute atomic E-state index is 12.0. The van der Waals surface area contributed by atoms with E-state index in [4.69, 9.17) is 0 Å². The number of guanidine groups is 1. The molecule has 0 spiro atoms. The van der Waals surface area contributed by atoms with Crippen LogP contribution in [-0.2, 0) is 10.8 Å². The summed E-state index contributed by atoms with van der Waals surface area (Å²) in [5.74, 6) is 1.65. The number of hydrogen-bond donors (Lipinski definition) is 2. The Labute approximate surface area is 130 Å². The SMILES string of the molecule is CCS(=O)C1CCCC(NC(=NC)NCC(C)SC)C1. The van der Waals surface area contributed by atoms with Gasteiger partial charge < -0.3 is 10.6 Å². The number of nitrogens with zero attached hydrogens (tertiary/aromatic N) is 1. The van der Waals surface area contributed by atoms with Crippen molar-refractivity contribution < 1.29 is 4.21 Å². The lowest BCUT2D eigenvalue weighted by Crippen LogP contribution is -2.47. The highest BCUT2D eigenvalue weighted by molar-refractivity contribution is 7.99. The quantitative estimate of drug-likeness (QED) is 0.581. The first-order chi connectivity index (χ1) is 9.60. The van der Waals surface area contributed by atoms with Crippen LogP contribution >= 0.6 is 11.8 Å². The lowest BCUT2D eigenvalue weighted by Gasteiger charge is -2.30. The fourth-order valence-corrected chi connectivity index (χ4v) is 4.06. The molecule has 4 unspecified atom stereocenters. The van der Waals surface area contributed by atoms with Crippen molar-refractivity contribution in [2.45, 2.75) is 56.1 Å². The molecular formula is C14H29N3OS2. The van der Waals surface area contributed by atoms with E-state index < -0.39 is 10.8 Å². The second-order valence-electron chi connectivity index (χ2n) is 5.30. The molecule has 2 N–H and O–H groups in total. The monoisotopic (exact) mass is 319 g/mol. The number of aliphatic imine (C=N–C) groups is 1. The van der Waals surface area contributed by atoms with Crippen LogP contribution in [0.25, 0.3) is 0 Å². The fourth-order valence-electron chi connectivity index (χ4n) is 2.46. The van der Waals surface area contributed by atoms with Gasteiger partial charge in [-0.3, -0.25) is 9.20 Å². The minimum atomic E-state index is -0.667. The summed E-state index contributed by atoms with van der Waals surface area (Å²) in [6.07, 6.45) is 6.53. The average Bonchev–Trinajstić information content (AvgIpc) is 2.50. The third-order valence-electron chi connectivity index (χ3n) is 3.81. The zero-order valence-electron chi connectivity index (χ0n) is 13.1. The van der Waals surface area contributed by atoms with Crippen LogP contribution < -0.4 is 10.6 Å². The second kappa shape index (κ2) is 9.66. The minimum Gasteiger partial charge on any atom is -0.355 e. The molecule has 1 aliphatic rings. The van der Waals surface area contributed by atoms with Gasteiger partial charge in [-0.05, 0) is 25.5 Å². The standard InChI is InChI=1S/C14H29N3OS2/c1-5-20(18)13-8-6-7-12(9-13)17-14(15-3)16-10-11(2)19-4/h11-13H,5-10H2,1-4H3,(H2,15,16,17). The third-order valence-corrected chi connectivity index (χ3v) is 6.52. The van der Waals surface area contributed by atoms with E-state index in [1.807, 2.05) is 25.7 Å². The molecule has 20 heavy (non-hydrogen) atoms. The Morgan fingerprint density at radius 3 is 2.85 bits per heavy atom. The summed E-state index contributed by atoms with van der Waals surface area (Å²) in [5, 5.41) is 7.78. The van der Waals surface area contributed by atoms with E-state index in [9.17, 15) is 4.21 Å². The number of nitrogens with one attached hydrogen (secondary N) is 2. The maximum Gasteiger partial charge on any atom is 0.191 e. The zero-order chi connectivity index (χ0) is 15.0. The molecular weight excluding hydrogens is 290 g/mol. The van der Waals surface area contributed by atoms with E-state index in [1.54, 1.807) is 0 Å². The van der Waals surface area contributed by atoms with Gasteiger partial charge in [0.25, 0.3) is 0 Å². The van der Waals surface area contributed by atoms with Crippen LogP contribution in [0.15, 0.2) is 4.99 Å². The second-order valence-corrected chi connectivity index (χ2v) is 8.58. The molecule has 1 fully saturated rings. The average molecular weight is 320 g/mol. The van der Waals surface area contributed by atoms with E-state index in [0.717, 1.165) is 43.9 Å². The van der Waals surface area contributed by atoms with Gasteiger partial charge in [0.05, 0.1) is 0 Å². The largest absolute Gasteiger partial charge is 0.355 e. The molecule has 0 aromatic rings. The number of thioether (sulfide) groups is 1. The van der Waals surface area contributed by atoms with Gasteiger partial charge in [0.1, 0.15) is 0 Å². The van der Waals surface area contributed by atoms with Gasteiger partial charge in [-0.2, -0.15) is 11.8 Å². The van der Waals surface area contributed by atoms with Gasteiger partial charge in [-0.1, -0.05) is 20.3 Å². The molecule has 4 atom stereocenters. The molecule has 118 valence electrons. The first-order valence-corrected chi connectivity index (χ1v) is 10.1. The van der Waals surface area contributed by atoms with Crippen LogP contribution in [0.4, 0.5) is 0 Å². The van der Waals surface area contributed by atoms with E-state index in [1.165, 1.54) is 0 Å². The number of hydrogen-bond acceptors (Lipinski definition) is 3. The molecule has 1 saturated carbocycles. The molecule has 1 aliphatic carbocycles. The third kappa shape index (κ3) is 6.04.